The van der Waals surface area contributed by atoms with Crippen LogP contribution in [0.1, 0.15) is 5.56 Å². The fourth-order valence-electron chi connectivity index (χ4n) is 3.96. The molecule has 4 aromatic carbocycles. The van der Waals surface area contributed by atoms with E-state index in [1.165, 1.54) is 21.7 Å². The first-order valence-electron chi connectivity index (χ1n) is 9.53. The maximum Gasteiger partial charge on any atom is 0.161 e. The summed E-state index contributed by atoms with van der Waals surface area (Å²) >= 11 is 0. The van der Waals surface area contributed by atoms with Gasteiger partial charge in [-0.05, 0) is 6.07 Å². The van der Waals surface area contributed by atoms with E-state index in [-0.39, 0.29) is 32.7 Å². The van der Waals surface area contributed by atoms with Crippen molar-refractivity contribution in [1.82, 2.24) is 0 Å². The Morgan fingerprint density at radius 1 is 0.690 bits per heavy atom. The van der Waals surface area contributed by atoms with Gasteiger partial charge in [-0.25, -0.2) is 4.57 Å². The van der Waals surface area contributed by atoms with Crippen LogP contribution >= 0.6 is 0 Å². The van der Waals surface area contributed by atoms with Gasteiger partial charge in [-0.2, -0.15) is 29.3 Å². The molecule has 0 aliphatic heterocycles. The maximum atomic E-state index is 3.74. The molecule has 1 radical (unpaired) electrons. The number of hydrogen-bond acceptors (Lipinski definition) is 0. The van der Waals surface area contributed by atoms with Crippen molar-refractivity contribution in [3.63, 3.8) is 0 Å². The molecule has 5 aromatic rings. The van der Waals surface area contributed by atoms with E-state index >= 15 is 0 Å². The number of fused-ring (bicyclic) bond motifs is 2. The molecule has 0 saturated carbocycles. The number of aryl methyl sites for hydroxylation is 2. The van der Waals surface area contributed by atoms with E-state index in [0.717, 1.165) is 27.8 Å². The Morgan fingerprint density at radius 2 is 1.41 bits per heavy atom. The van der Waals surface area contributed by atoms with Crippen molar-refractivity contribution in [2.45, 2.75) is 6.92 Å². The fraction of sp³-hybridized carbons (Fsp3) is 0.0741. The zero-order chi connectivity index (χ0) is 19.1. The van der Waals surface area contributed by atoms with E-state index in [2.05, 4.69) is 116 Å². The van der Waals surface area contributed by atoms with Crippen molar-refractivity contribution in [1.29, 1.82) is 0 Å². The molecule has 0 bridgehead atoms. The quantitative estimate of drug-likeness (QED) is 0.229. The van der Waals surface area contributed by atoms with Gasteiger partial charge in [0.05, 0.1) is 0 Å². The van der Waals surface area contributed by atoms with E-state index in [1.807, 2.05) is 0 Å². The van der Waals surface area contributed by atoms with Gasteiger partial charge in [-0.3, -0.25) is 0 Å². The minimum Gasteiger partial charge on any atom is -0.234 e. The molecule has 0 spiro atoms. The first-order valence-corrected chi connectivity index (χ1v) is 9.53. The zero-order valence-corrected chi connectivity index (χ0v) is 19.4. The summed E-state index contributed by atoms with van der Waals surface area (Å²) in [5.74, 6) is 0. The molecule has 0 aliphatic rings. The van der Waals surface area contributed by atoms with Crippen molar-refractivity contribution < 1.29 is 37.3 Å². The molecule has 1 aromatic heterocycles. The van der Waals surface area contributed by atoms with Gasteiger partial charge >= 0.3 is 0 Å². The van der Waals surface area contributed by atoms with Gasteiger partial charge in [0.15, 0.2) is 6.20 Å². The molecule has 0 saturated heterocycles. The summed E-state index contributed by atoms with van der Waals surface area (Å²) in [5, 5.41) is 4.81. The second-order valence-electron chi connectivity index (χ2n) is 7.20. The predicted molar refractivity (Wildman–Crippen MR) is 116 cm³/mol. The molecule has 2 heteroatoms. The van der Waals surface area contributed by atoms with Crippen LogP contribution in [0.3, 0.4) is 0 Å². The molecule has 0 fully saturated rings. The molecule has 5 rings (SSSR count). The van der Waals surface area contributed by atoms with Crippen LogP contribution in [-0.2, 0) is 39.8 Å². The van der Waals surface area contributed by atoms with Gasteiger partial charge in [-0.1, -0.05) is 71.8 Å². The Kier molecular flexibility index (Phi) is 5.63. The number of benzene rings is 4. The largest absolute Gasteiger partial charge is 0.234 e. The van der Waals surface area contributed by atoms with Crippen molar-refractivity contribution in [3.8, 4) is 22.4 Å². The molecule has 1 heterocycles. The van der Waals surface area contributed by atoms with Gasteiger partial charge in [0, 0.05) is 38.8 Å². The molecule has 1 nitrogen and oxygen atoms in total. The van der Waals surface area contributed by atoms with E-state index < -0.39 is 0 Å². The van der Waals surface area contributed by atoms with E-state index in [9.17, 15) is 0 Å². The van der Waals surface area contributed by atoms with E-state index in [1.54, 1.807) is 0 Å². The van der Waals surface area contributed by atoms with Crippen LogP contribution in [0.25, 0.3) is 43.9 Å². The summed E-state index contributed by atoms with van der Waals surface area (Å²) < 4.78 is 2.15. The number of nitrogens with zero attached hydrogens (tertiary/aromatic N) is 1. The Morgan fingerprint density at radius 3 is 2.24 bits per heavy atom. The molecular weight excluding hydrogens is 427 g/mol. The Hall–Kier alpha value is -2.35. The van der Waals surface area contributed by atoms with Gasteiger partial charge in [0.1, 0.15) is 12.7 Å². The summed E-state index contributed by atoms with van der Waals surface area (Å²) in [6.45, 7) is 2.19. The fourth-order valence-corrected chi connectivity index (χ4v) is 3.96. The zero-order valence-electron chi connectivity index (χ0n) is 16.6. The van der Waals surface area contributed by atoms with Gasteiger partial charge in [0.2, 0.25) is 0 Å². The average Bonchev–Trinajstić information content (AvgIpc) is 2.75. The van der Waals surface area contributed by atoms with Crippen molar-refractivity contribution in [3.05, 3.63) is 103 Å². The summed E-state index contributed by atoms with van der Waals surface area (Å²) in [6, 6.07) is 34.9. The molecular formula is C27H20NY-. The third kappa shape index (κ3) is 3.54. The summed E-state index contributed by atoms with van der Waals surface area (Å²) in [5.41, 5.74) is 5.73. The average molecular weight is 447 g/mol. The van der Waals surface area contributed by atoms with Crippen molar-refractivity contribution >= 4 is 21.5 Å². The van der Waals surface area contributed by atoms with Crippen LogP contribution in [0.15, 0.2) is 85.1 Å². The third-order valence-electron chi connectivity index (χ3n) is 5.47. The summed E-state index contributed by atoms with van der Waals surface area (Å²) in [6.07, 6.45) is 2.08. The second-order valence-corrected chi connectivity index (χ2v) is 7.20. The van der Waals surface area contributed by atoms with Crippen LogP contribution in [0.2, 0.25) is 0 Å². The number of rotatable bonds is 2. The van der Waals surface area contributed by atoms with Crippen LogP contribution in [0.5, 0.6) is 0 Å². The first kappa shape index (κ1) is 19.9. The topological polar surface area (TPSA) is 3.88 Å². The smallest absolute Gasteiger partial charge is 0.161 e. The number of aromatic nitrogens is 1. The molecule has 0 N–H and O–H groups in total. The number of hydrogen-bond donors (Lipinski definition) is 0. The Labute approximate surface area is 196 Å². The predicted octanol–water partition coefficient (Wildman–Crippen LogP) is 6.06. The first-order chi connectivity index (χ1) is 13.7. The molecule has 0 amide bonds. The van der Waals surface area contributed by atoms with Crippen LogP contribution in [0, 0.1) is 19.1 Å². The van der Waals surface area contributed by atoms with E-state index in [4.69, 9.17) is 0 Å². The van der Waals surface area contributed by atoms with E-state index in [0.29, 0.717) is 0 Å². The van der Waals surface area contributed by atoms with Gasteiger partial charge in [0.25, 0.3) is 0 Å². The third-order valence-corrected chi connectivity index (χ3v) is 5.47. The molecule has 137 valence electrons. The summed E-state index contributed by atoms with van der Waals surface area (Å²) in [7, 11) is 2.08. The minimum atomic E-state index is 0. The van der Waals surface area contributed by atoms with Gasteiger partial charge in [-0.15, -0.1) is 28.5 Å². The Bertz CT molecular complexity index is 1340. The van der Waals surface area contributed by atoms with Gasteiger partial charge < -0.3 is 0 Å². The summed E-state index contributed by atoms with van der Waals surface area (Å²) in [4.78, 5) is 0. The SMILES string of the molecule is Cc1c(-c2cccc[n+]2C)[c-]c(-c2[c-]c3ccccc3cc2)c2ccccc12.[Y]. The van der Waals surface area contributed by atoms with Crippen molar-refractivity contribution in [2.24, 2.45) is 7.05 Å². The molecule has 0 unspecified atom stereocenters. The Balaban J connectivity index is 0.00000205. The maximum absolute atomic E-state index is 3.74. The van der Waals surface area contributed by atoms with Crippen LogP contribution < -0.4 is 4.57 Å². The van der Waals surface area contributed by atoms with Crippen LogP contribution in [-0.4, -0.2) is 0 Å². The molecule has 0 aliphatic carbocycles. The molecule has 29 heavy (non-hydrogen) atoms. The number of pyridine rings is 1. The van der Waals surface area contributed by atoms with Crippen molar-refractivity contribution in [2.75, 3.05) is 0 Å². The normalized spacial score (nSPS) is 10.8. The monoisotopic (exact) mass is 447 g/mol. The van der Waals surface area contributed by atoms with Crippen LogP contribution in [0.4, 0.5) is 0 Å². The standard InChI is InChI=1S/C27H20N.Y/c1-19-23-11-5-6-12-24(23)26(18-25(19)27-13-7-8-16-28(27)2)22-15-14-20-9-3-4-10-21(20)17-22;/h3-16H,1-2H3;/q-1;. The molecule has 0 atom stereocenters. The second kappa shape index (κ2) is 8.18. The minimum absolute atomic E-state index is 0.